The fourth-order valence-electron chi connectivity index (χ4n) is 3.04. The fraction of sp³-hybridized carbons (Fsp3) is 0.263. The maximum Gasteiger partial charge on any atom is 0.282 e. The number of halogens is 1. The van der Waals surface area contributed by atoms with Gasteiger partial charge in [0.05, 0.1) is 12.7 Å². The summed E-state index contributed by atoms with van der Waals surface area (Å²) in [4.78, 5) is 27.5. The Kier molecular flexibility index (Phi) is 5.50. The molecule has 5 nitrogen and oxygen atoms in total. The van der Waals surface area contributed by atoms with Crippen molar-refractivity contribution in [3.8, 4) is 0 Å². The second-order valence-electron chi connectivity index (χ2n) is 6.26. The number of quaternary nitrogens is 1. The molecule has 25 heavy (non-hydrogen) atoms. The van der Waals surface area contributed by atoms with Crippen molar-refractivity contribution in [3.63, 3.8) is 0 Å². The van der Waals surface area contributed by atoms with Gasteiger partial charge >= 0.3 is 0 Å². The van der Waals surface area contributed by atoms with E-state index in [0.29, 0.717) is 6.54 Å². The van der Waals surface area contributed by atoms with Crippen LogP contribution in [0, 0.1) is 0 Å². The van der Waals surface area contributed by atoms with E-state index in [1.54, 1.807) is 0 Å². The molecule has 0 saturated heterocycles. The number of benzene rings is 2. The third-order valence-electron chi connectivity index (χ3n) is 4.25. The van der Waals surface area contributed by atoms with Gasteiger partial charge in [0, 0.05) is 16.7 Å². The summed E-state index contributed by atoms with van der Waals surface area (Å²) >= 11 is 3.41. The van der Waals surface area contributed by atoms with Crippen LogP contribution >= 0.6 is 15.9 Å². The molecule has 3 rings (SSSR count). The second-order valence-corrected chi connectivity index (χ2v) is 7.12. The van der Waals surface area contributed by atoms with Crippen LogP contribution < -0.4 is 15.1 Å². The first-order chi connectivity index (χ1) is 12.0. The lowest BCUT2D eigenvalue weighted by Crippen LogP contribution is -3.11. The SMILES string of the molecule is C[NH+](CC(=O)Nc1ccccc1Br)CC(=O)N1CCc2ccccc21. The molecule has 0 fully saturated rings. The standard InChI is InChI=1S/C19H20BrN3O2/c1-22(12-18(24)21-16-8-4-3-7-15(16)20)13-19(25)23-11-10-14-6-2-5-9-17(14)23/h2-9H,10-13H2,1H3,(H,21,24)/p+1. The Bertz CT molecular complexity index is 794. The van der Waals surface area contributed by atoms with E-state index in [0.717, 1.165) is 27.2 Å². The van der Waals surface area contributed by atoms with Crippen molar-refractivity contribution in [3.05, 3.63) is 58.6 Å². The van der Waals surface area contributed by atoms with Crippen molar-refractivity contribution in [2.75, 3.05) is 36.9 Å². The molecule has 0 aliphatic carbocycles. The summed E-state index contributed by atoms with van der Waals surface area (Å²) < 4.78 is 0.839. The molecular formula is C19H21BrN3O2+. The quantitative estimate of drug-likeness (QED) is 0.795. The Hall–Kier alpha value is -2.18. The minimum absolute atomic E-state index is 0.0520. The van der Waals surface area contributed by atoms with E-state index in [-0.39, 0.29) is 24.9 Å². The predicted molar refractivity (Wildman–Crippen MR) is 102 cm³/mol. The van der Waals surface area contributed by atoms with Crippen LogP contribution in [0.15, 0.2) is 53.0 Å². The van der Waals surface area contributed by atoms with Crippen LogP contribution in [0.1, 0.15) is 5.56 Å². The summed E-state index contributed by atoms with van der Waals surface area (Å²) in [5, 5.41) is 2.87. The largest absolute Gasteiger partial charge is 0.322 e. The molecule has 0 spiro atoms. The number of fused-ring (bicyclic) bond motifs is 1. The van der Waals surface area contributed by atoms with Gasteiger partial charge < -0.3 is 15.1 Å². The van der Waals surface area contributed by atoms with E-state index in [1.165, 1.54) is 5.56 Å². The van der Waals surface area contributed by atoms with Crippen LogP contribution in [-0.2, 0) is 16.0 Å². The highest BCUT2D eigenvalue weighted by molar-refractivity contribution is 9.10. The average molecular weight is 403 g/mol. The highest BCUT2D eigenvalue weighted by Gasteiger charge is 2.26. The van der Waals surface area contributed by atoms with Gasteiger partial charge in [-0.3, -0.25) is 9.59 Å². The lowest BCUT2D eigenvalue weighted by molar-refractivity contribution is -0.862. The molecule has 0 saturated carbocycles. The molecular weight excluding hydrogens is 382 g/mol. The second kappa shape index (κ2) is 7.80. The van der Waals surface area contributed by atoms with Crippen molar-refractivity contribution < 1.29 is 14.5 Å². The van der Waals surface area contributed by atoms with E-state index in [1.807, 2.05) is 54.4 Å². The number of anilines is 2. The first-order valence-electron chi connectivity index (χ1n) is 8.28. The van der Waals surface area contributed by atoms with E-state index in [2.05, 4.69) is 27.3 Å². The van der Waals surface area contributed by atoms with Crippen molar-refractivity contribution in [2.24, 2.45) is 0 Å². The van der Waals surface area contributed by atoms with E-state index >= 15 is 0 Å². The summed E-state index contributed by atoms with van der Waals surface area (Å²) in [6.07, 6.45) is 0.892. The van der Waals surface area contributed by atoms with Crippen LogP contribution in [0.3, 0.4) is 0 Å². The van der Waals surface area contributed by atoms with Gasteiger partial charge in [0.2, 0.25) is 0 Å². The van der Waals surface area contributed by atoms with E-state index in [4.69, 9.17) is 0 Å². The Labute approximate surface area is 155 Å². The number of nitrogens with zero attached hydrogens (tertiary/aromatic N) is 1. The number of amides is 2. The normalized spacial score (nSPS) is 14.1. The number of likely N-dealkylation sites (N-methyl/N-ethyl adjacent to an activating group) is 1. The lowest BCUT2D eigenvalue weighted by atomic mass is 10.2. The third kappa shape index (κ3) is 4.27. The van der Waals surface area contributed by atoms with Crippen LogP contribution in [-0.4, -0.2) is 38.5 Å². The number of hydrogen-bond acceptors (Lipinski definition) is 2. The van der Waals surface area contributed by atoms with Gasteiger partial charge in [-0.2, -0.15) is 0 Å². The zero-order valence-electron chi connectivity index (χ0n) is 14.1. The number of nitrogens with one attached hydrogen (secondary N) is 2. The molecule has 0 radical (unpaired) electrons. The number of para-hydroxylation sites is 2. The number of carbonyl (C=O) groups is 2. The van der Waals surface area contributed by atoms with E-state index < -0.39 is 0 Å². The highest BCUT2D eigenvalue weighted by Crippen LogP contribution is 2.27. The Morgan fingerprint density at radius 3 is 2.64 bits per heavy atom. The molecule has 6 heteroatoms. The van der Waals surface area contributed by atoms with Gasteiger partial charge in [0.1, 0.15) is 0 Å². The molecule has 2 amide bonds. The summed E-state index contributed by atoms with van der Waals surface area (Å²) in [6.45, 7) is 1.24. The van der Waals surface area contributed by atoms with Gasteiger partial charge in [0.15, 0.2) is 13.1 Å². The van der Waals surface area contributed by atoms with Gasteiger partial charge in [-0.25, -0.2) is 0 Å². The van der Waals surface area contributed by atoms with Crippen molar-refractivity contribution >= 4 is 39.1 Å². The van der Waals surface area contributed by atoms with Gasteiger partial charge in [-0.1, -0.05) is 30.3 Å². The Morgan fingerprint density at radius 1 is 1.12 bits per heavy atom. The molecule has 1 aliphatic rings. The molecule has 1 aliphatic heterocycles. The molecule has 2 aromatic carbocycles. The van der Waals surface area contributed by atoms with Crippen LogP contribution in [0.5, 0.6) is 0 Å². The zero-order valence-corrected chi connectivity index (χ0v) is 15.7. The van der Waals surface area contributed by atoms with Gasteiger partial charge in [0.25, 0.3) is 11.8 Å². The molecule has 0 bridgehead atoms. The van der Waals surface area contributed by atoms with Gasteiger partial charge in [-0.15, -0.1) is 0 Å². The molecule has 2 aromatic rings. The van der Waals surface area contributed by atoms with Crippen molar-refractivity contribution in [1.82, 2.24) is 0 Å². The minimum atomic E-state index is -0.112. The summed E-state index contributed by atoms with van der Waals surface area (Å²) in [7, 11) is 1.86. The van der Waals surface area contributed by atoms with Crippen LogP contribution in [0.25, 0.3) is 0 Å². The first kappa shape index (κ1) is 17.6. The fourth-order valence-corrected chi connectivity index (χ4v) is 3.43. The number of rotatable bonds is 5. The highest BCUT2D eigenvalue weighted by atomic mass is 79.9. The smallest absolute Gasteiger partial charge is 0.282 e. The lowest BCUT2D eigenvalue weighted by Gasteiger charge is -2.20. The Morgan fingerprint density at radius 2 is 1.84 bits per heavy atom. The monoisotopic (exact) mass is 402 g/mol. The maximum absolute atomic E-state index is 12.6. The minimum Gasteiger partial charge on any atom is -0.322 e. The zero-order chi connectivity index (χ0) is 17.8. The molecule has 1 unspecified atom stereocenters. The molecule has 2 N–H and O–H groups in total. The molecule has 0 aromatic heterocycles. The summed E-state index contributed by atoms with van der Waals surface area (Å²) in [6, 6.07) is 15.5. The van der Waals surface area contributed by atoms with Crippen LogP contribution in [0.2, 0.25) is 0 Å². The number of hydrogen-bond donors (Lipinski definition) is 2. The Balaban J connectivity index is 1.54. The molecule has 1 atom stereocenters. The topological polar surface area (TPSA) is 53.9 Å². The summed E-state index contributed by atoms with van der Waals surface area (Å²) in [5.74, 6) is -0.0600. The van der Waals surface area contributed by atoms with E-state index in [9.17, 15) is 9.59 Å². The maximum atomic E-state index is 12.6. The predicted octanol–water partition coefficient (Wildman–Crippen LogP) is 1.49. The average Bonchev–Trinajstić information content (AvgIpc) is 3.01. The van der Waals surface area contributed by atoms with Crippen molar-refractivity contribution in [2.45, 2.75) is 6.42 Å². The van der Waals surface area contributed by atoms with Crippen molar-refractivity contribution in [1.29, 1.82) is 0 Å². The molecule has 1 heterocycles. The molecule has 130 valence electrons. The summed E-state index contributed by atoms with van der Waals surface area (Å²) in [5.41, 5.74) is 2.94. The van der Waals surface area contributed by atoms with Crippen LogP contribution in [0.4, 0.5) is 11.4 Å². The first-order valence-corrected chi connectivity index (χ1v) is 9.08. The third-order valence-corrected chi connectivity index (χ3v) is 4.94. The number of carbonyl (C=O) groups excluding carboxylic acids is 2. The van der Waals surface area contributed by atoms with Gasteiger partial charge in [-0.05, 0) is 46.1 Å².